The standard InChI is InChI=1S/C19H17ClN2O2/c1-24-19(23)16-10-13-11-6-3-5-9-15(11)21-18(13)17(22-16)12-7-2-4-8-14(12)20/h2-9,16-17,21-22H,10H2,1H3/t16-,17-/m1/s1. The maximum absolute atomic E-state index is 12.2. The number of para-hydroxylation sites is 1. The molecule has 5 heteroatoms. The smallest absolute Gasteiger partial charge is 0.323 e. The second-order valence-corrected chi connectivity index (χ2v) is 6.37. The molecule has 0 radical (unpaired) electrons. The van der Waals surface area contributed by atoms with Crippen molar-refractivity contribution in [2.75, 3.05) is 7.11 Å². The van der Waals surface area contributed by atoms with E-state index in [1.165, 1.54) is 7.11 Å². The van der Waals surface area contributed by atoms with Crippen LogP contribution >= 0.6 is 11.6 Å². The van der Waals surface area contributed by atoms with Crippen LogP contribution in [-0.2, 0) is 16.0 Å². The maximum atomic E-state index is 12.2. The zero-order valence-electron chi connectivity index (χ0n) is 13.2. The Hall–Kier alpha value is -2.30. The molecule has 122 valence electrons. The van der Waals surface area contributed by atoms with E-state index in [4.69, 9.17) is 16.3 Å². The number of benzene rings is 2. The van der Waals surface area contributed by atoms with Crippen molar-refractivity contribution in [1.29, 1.82) is 0 Å². The first-order valence-electron chi connectivity index (χ1n) is 7.87. The first kappa shape index (κ1) is 15.2. The molecule has 3 aromatic rings. The zero-order chi connectivity index (χ0) is 16.7. The summed E-state index contributed by atoms with van der Waals surface area (Å²) in [6.45, 7) is 0. The third-order valence-corrected chi connectivity index (χ3v) is 4.96. The van der Waals surface area contributed by atoms with Gasteiger partial charge in [-0.3, -0.25) is 10.1 Å². The molecule has 1 aliphatic rings. The molecule has 0 saturated carbocycles. The predicted molar refractivity (Wildman–Crippen MR) is 94.2 cm³/mol. The minimum absolute atomic E-state index is 0.182. The number of aromatic nitrogens is 1. The Bertz CT molecular complexity index is 919. The second-order valence-electron chi connectivity index (χ2n) is 5.96. The molecule has 24 heavy (non-hydrogen) atoms. The topological polar surface area (TPSA) is 54.1 Å². The number of rotatable bonds is 2. The van der Waals surface area contributed by atoms with Crippen molar-refractivity contribution >= 4 is 28.5 Å². The third-order valence-electron chi connectivity index (χ3n) is 4.61. The van der Waals surface area contributed by atoms with Gasteiger partial charge in [0.25, 0.3) is 0 Å². The normalized spacial score (nSPS) is 19.9. The largest absolute Gasteiger partial charge is 0.468 e. The molecular formula is C19H17ClN2O2. The lowest BCUT2D eigenvalue weighted by Gasteiger charge is -2.30. The zero-order valence-corrected chi connectivity index (χ0v) is 13.9. The lowest BCUT2D eigenvalue weighted by Crippen LogP contribution is -2.45. The first-order chi connectivity index (χ1) is 11.7. The fraction of sp³-hybridized carbons (Fsp3) is 0.211. The van der Waals surface area contributed by atoms with E-state index in [1.807, 2.05) is 42.5 Å². The highest BCUT2D eigenvalue weighted by atomic mass is 35.5. The molecule has 2 heterocycles. The van der Waals surface area contributed by atoms with Gasteiger partial charge in [0.05, 0.1) is 13.2 Å². The fourth-order valence-electron chi connectivity index (χ4n) is 3.48. The minimum atomic E-state index is -0.400. The highest BCUT2D eigenvalue weighted by Gasteiger charge is 2.35. The SMILES string of the molecule is COC(=O)[C@H]1Cc2c([nH]c3ccccc23)[C@@H](c2ccccc2Cl)N1. The van der Waals surface area contributed by atoms with Crippen LogP contribution in [0, 0.1) is 0 Å². The molecular weight excluding hydrogens is 324 g/mol. The molecule has 0 bridgehead atoms. The molecule has 0 fully saturated rings. The Morgan fingerprint density at radius 1 is 1.17 bits per heavy atom. The molecule has 4 rings (SSSR count). The number of carbonyl (C=O) groups is 1. The summed E-state index contributed by atoms with van der Waals surface area (Å²) in [4.78, 5) is 15.7. The molecule has 1 aliphatic heterocycles. The molecule has 2 aromatic carbocycles. The average Bonchev–Trinajstić information content (AvgIpc) is 2.99. The number of nitrogens with one attached hydrogen (secondary N) is 2. The van der Waals surface area contributed by atoms with Crippen molar-refractivity contribution < 1.29 is 9.53 Å². The molecule has 2 N–H and O–H groups in total. The lowest BCUT2D eigenvalue weighted by atomic mass is 9.90. The summed E-state index contributed by atoms with van der Waals surface area (Å²) in [6.07, 6.45) is 0.590. The first-order valence-corrected chi connectivity index (χ1v) is 8.24. The number of methoxy groups -OCH3 is 1. The monoisotopic (exact) mass is 340 g/mol. The molecule has 0 saturated heterocycles. The van der Waals surface area contributed by atoms with E-state index in [0.29, 0.717) is 11.4 Å². The molecule has 4 nitrogen and oxygen atoms in total. The second kappa shape index (κ2) is 5.96. The third kappa shape index (κ3) is 2.39. The lowest BCUT2D eigenvalue weighted by molar-refractivity contribution is -0.143. The van der Waals surface area contributed by atoms with Gasteiger partial charge in [-0.05, 0) is 23.3 Å². The number of fused-ring (bicyclic) bond motifs is 3. The average molecular weight is 341 g/mol. The van der Waals surface area contributed by atoms with E-state index < -0.39 is 6.04 Å². The van der Waals surface area contributed by atoms with Crippen molar-refractivity contribution in [3.05, 3.63) is 70.4 Å². The van der Waals surface area contributed by atoms with Crippen LogP contribution in [0.15, 0.2) is 48.5 Å². The molecule has 0 spiro atoms. The summed E-state index contributed by atoms with van der Waals surface area (Å²) in [6, 6.07) is 15.2. The van der Waals surface area contributed by atoms with E-state index >= 15 is 0 Å². The highest BCUT2D eigenvalue weighted by Crippen LogP contribution is 2.37. The van der Waals surface area contributed by atoms with Crippen molar-refractivity contribution in [1.82, 2.24) is 10.3 Å². The summed E-state index contributed by atoms with van der Waals surface area (Å²) < 4.78 is 4.96. The Labute approximate surface area is 144 Å². The van der Waals surface area contributed by atoms with Crippen LogP contribution < -0.4 is 5.32 Å². The summed E-state index contributed by atoms with van der Waals surface area (Å²) in [7, 11) is 1.42. The summed E-state index contributed by atoms with van der Waals surface area (Å²) in [5, 5.41) is 5.20. The molecule has 0 amide bonds. The molecule has 0 aliphatic carbocycles. The van der Waals surface area contributed by atoms with Gasteiger partial charge in [-0.25, -0.2) is 0 Å². The predicted octanol–water partition coefficient (Wildman–Crippen LogP) is 3.60. The highest BCUT2D eigenvalue weighted by molar-refractivity contribution is 6.31. The number of halogens is 1. The summed E-state index contributed by atoms with van der Waals surface area (Å²) in [5.41, 5.74) is 4.21. The number of hydrogen-bond acceptors (Lipinski definition) is 3. The van der Waals surface area contributed by atoms with E-state index in [0.717, 1.165) is 27.7 Å². The van der Waals surface area contributed by atoms with E-state index in [9.17, 15) is 4.79 Å². The number of ether oxygens (including phenoxy) is 1. The van der Waals surface area contributed by atoms with Crippen LogP contribution in [0.4, 0.5) is 0 Å². The van der Waals surface area contributed by atoms with Crippen LogP contribution in [0.5, 0.6) is 0 Å². The van der Waals surface area contributed by atoms with Gasteiger partial charge in [0.2, 0.25) is 0 Å². The van der Waals surface area contributed by atoms with E-state index in [1.54, 1.807) is 0 Å². The van der Waals surface area contributed by atoms with Crippen LogP contribution in [-0.4, -0.2) is 24.1 Å². The van der Waals surface area contributed by atoms with E-state index in [-0.39, 0.29) is 12.0 Å². The van der Waals surface area contributed by atoms with Crippen molar-refractivity contribution in [3.8, 4) is 0 Å². The van der Waals surface area contributed by atoms with Crippen molar-refractivity contribution in [2.45, 2.75) is 18.5 Å². The molecule has 0 unspecified atom stereocenters. The summed E-state index contributed by atoms with van der Waals surface area (Å²) >= 11 is 6.41. The van der Waals surface area contributed by atoms with Gasteiger partial charge in [-0.1, -0.05) is 48.0 Å². The molecule has 2 atom stereocenters. The van der Waals surface area contributed by atoms with Gasteiger partial charge in [0.15, 0.2) is 0 Å². The number of carbonyl (C=O) groups excluding carboxylic acids is 1. The minimum Gasteiger partial charge on any atom is -0.468 e. The van der Waals surface area contributed by atoms with Crippen LogP contribution in [0.25, 0.3) is 10.9 Å². The fourth-order valence-corrected chi connectivity index (χ4v) is 3.73. The Morgan fingerprint density at radius 2 is 1.92 bits per heavy atom. The molecule has 1 aromatic heterocycles. The van der Waals surface area contributed by atoms with Gasteiger partial charge in [0.1, 0.15) is 6.04 Å². The number of esters is 1. The van der Waals surface area contributed by atoms with Gasteiger partial charge < -0.3 is 9.72 Å². The van der Waals surface area contributed by atoms with Gasteiger partial charge in [-0.15, -0.1) is 0 Å². The van der Waals surface area contributed by atoms with Gasteiger partial charge in [-0.2, -0.15) is 0 Å². The Balaban J connectivity index is 1.90. The van der Waals surface area contributed by atoms with Crippen LogP contribution in [0.1, 0.15) is 22.9 Å². The summed E-state index contributed by atoms with van der Waals surface area (Å²) in [5.74, 6) is -0.261. The maximum Gasteiger partial charge on any atom is 0.323 e. The number of hydrogen-bond donors (Lipinski definition) is 2. The van der Waals surface area contributed by atoms with Crippen molar-refractivity contribution in [3.63, 3.8) is 0 Å². The van der Waals surface area contributed by atoms with E-state index in [2.05, 4.69) is 16.4 Å². The van der Waals surface area contributed by atoms with Gasteiger partial charge >= 0.3 is 5.97 Å². The number of aromatic amines is 1. The van der Waals surface area contributed by atoms with Gasteiger partial charge in [0, 0.05) is 28.0 Å². The van der Waals surface area contributed by atoms with Crippen molar-refractivity contribution in [2.24, 2.45) is 0 Å². The quantitative estimate of drug-likeness (QED) is 0.701. The Morgan fingerprint density at radius 3 is 2.71 bits per heavy atom. The van der Waals surface area contributed by atoms with Crippen LogP contribution in [0.3, 0.4) is 0 Å². The number of H-pyrrole nitrogens is 1. The Kier molecular flexibility index (Phi) is 3.79. The van der Waals surface area contributed by atoms with Crippen LogP contribution in [0.2, 0.25) is 5.02 Å².